The first-order valence-corrected chi connectivity index (χ1v) is 8.78. The largest absolute Gasteiger partial charge is 0.493 e. The highest BCUT2D eigenvalue weighted by molar-refractivity contribution is 9.10. The lowest BCUT2D eigenvalue weighted by Gasteiger charge is -2.06. The zero-order valence-corrected chi connectivity index (χ0v) is 15.2. The molecule has 124 valence electrons. The molecule has 0 N–H and O–H groups in total. The molecule has 5 nitrogen and oxygen atoms in total. The Morgan fingerprint density at radius 1 is 1.17 bits per heavy atom. The van der Waals surface area contributed by atoms with Gasteiger partial charge in [0.2, 0.25) is 0 Å². The molecule has 0 aliphatic heterocycles. The fourth-order valence-electron chi connectivity index (χ4n) is 1.98. The zero-order valence-electron chi connectivity index (χ0n) is 12.8. The van der Waals surface area contributed by atoms with Crippen molar-refractivity contribution in [1.29, 1.82) is 0 Å². The van der Waals surface area contributed by atoms with Crippen molar-refractivity contribution in [2.24, 2.45) is 0 Å². The smallest absolute Gasteiger partial charge is 0.308 e. The molecule has 7 heteroatoms. The molecule has 3 aromatic rings. The van der Waals surface area contributed by atoms with Gasteiger partial charge in [0.15, 0.2) is 0 Å². The molecule has 3 rings (SSSR count). The number of nitrogens with zero attached hydrogens (tertiary/aromatic N) is 1. The standard InChI is InChI=1S/C17H14BrNO4S/c1-21-16(20)8-9-22-12-3-5-13(6-4-12)23-17-19-14-7-2-11(18)10-15(14)24-17/h2-7,10H,8-9H2,1H3. The van der Waals surface area contributed by atoms with E-state index in [0.717, 1.165) is 14.7 Å². The van der Waals surface area contributed by atoms with Crippen molar-refractivity contribution in [3.63, 3.8) is 0 Å². The lowest BCUT2D eigenvalue weighted by Crippen LogP contribution is -2.07. The fraction of sp³-hybridized carbons (Fsp3) is 0.176. The first kappa shape index (κ1) is 16.7. The van der Waals surface area contributed by atoms with Crippen LogP contribution >= 0.6 is 27.3 Å². The Kier molecular flexibility index (Phi) is 5.32. The summed E-state index contributed by atoms with van der Waals surface area (Å²) >= 11 is 4.93. The summed E-state index contributed by atoms with van der Waals surface area (Å²) in [5, 5.41) is 0.586. The van der Waals surface area contributed by atoms with E-state index >= 15 is 0 Å². The molecule has 0 fully saturated rings. The highest BCUT2D eigenvalue weighted by atomic mass is 79.9. The molecule has 0 radical (unpaired) electrons. The van der Waals surface area contributed by atoms with Gasteiger partial charge in [-0.15, -0.1) is 0 Å². The van der Waals surface area contributed by atoms with Crippen molar-refractivity contribution in [2.45, 2.75) is 6.42 Å². The minimum atomic E-state index is -0.294. The first-order chi connectivity index (χ1) is 11.6. The Morgan fingerprint density at radius 3 is 2.67 bits per heavy atom. The van der Waals surface area contributed by atoms with Crippen molar-refractivity contribution in [1.82, 2.24) is 4.98 Å². The van der Waals surface area contributed by atoms with Crippen molar-refractivity contribution in [2.75, 3.05) is 13.7 Å². The Balaban J connectivity index is 1.61. The third-order valence-electron chi connectivity index (χ3n) is 3.16. The number of esters is 1. The number of benzene rings is 2. The molecule has 0 saturated carbocycles. The molecule has 0 aliphatic rings. The van der Waals surface area contributed by atoms with E-state index < -0.39 is 0 Å². The molecule has 24 heavy (non-hydrogen) atoms. The second kappa shape index (κ2) is 7.63. The predicted octanol–water partition coefficient (Wildman–Crippen LogP) is 4.79. The summed E-state index contributed by atoms with van der Waals surface area (Å²) < 4.78 is 17.9. The topological polar surface area (TPSA) is 57.7 Å². The van der Waals surface area contributed by atoms with Crippen LogP contribution in [0.4, 0.5) is 0 Å². The number of methoxy groups -OCH3 is 1. The van der Waals surface area contributed by atoms with Crippen LogP contribution < -0.4 is 9.47 Å². The lowest BCUT2D eigenvalue weighted by atomic mass is 10.3. The van der Waals surface area contributed by atoms with E-state index in [4.69, 9.17) is 9.47 Å². The quantitative estimate of drug-likeness (QED) is 0.549. The number of fused-ring (bicyclic) bond motifs is 1. The molecule has 0 atom stereocenters. The summed E-state index contributed by atoms with van der Waals surface area (Å²) in [7, 11) is 1.36. The lowest BCUT2D eigenvalue weighted by molar-refractivity contribution is -0.141. The molecule has 0 aliphatic carbocycles. The highest BCUT2D eigenvalue weighted by Gasteiger charge is 2.07. The Morgan fingerprint density at radius 2 is 1.92 bits per heavy atom. The van der Waals surface area contributed by atoms with E-state index in [2.05, 4.69) is 25.7 Å². The van der Waals surface area contributed by atoms with Crippen molar-refractivity contribution >= 4 is 43.5 Å². The van der Waals surface area contributed by atoms with Gasteiger partial charge in [0.05, 0.1) is 30.4 Å². The predicted molar refractivity (Wildman–Crippen MR) is 96.0 cm³/mol. The molecule has 1 aromatic heterocycles. The number of hydrogen-bond acceptors (Lipinski definition) is 6. The number of carbonyl (C=O) groups excluding carboxylic acids is 1. The molecule has 0 amide bonds. The Bertz CT molecular complexity index is 847. The van der Waals surface area contributed by atoms with E-state index in [0.29, 0.717) is 16.7 Å². The van der Waals surface area contributed by atoms with Gasteiger partial charge in [-0.25, -0.2) is 4.98 Å². The minimum Gasteiger partial charge on any atom is -0.493 e. The molecular formula is C17H14BrNO4S. The maximum atomic E-state index is 11.0. The van der Waals surface area contributed by atoms with Crippen molar-refractivity contribution in [3.05, 3.63) is 46.9 Å². The average Bonchev–Trinajstić information content (AvgIpc) is 2.97. The van der Waals surface area contributed by atoms with Gasteiger partial charge in [-0.1, -0.05) is 27.3 Å². The van der Waals surface area contributed by atoms with Gasteiger partial charge in [0.25, 0.3) is 5.19 Å². The second-order valence-corrected chi connectivity index (χ2v) is 6.75. The number of ether oxygens (including phenoxy) is 3. The number of aromatic nitrogens is 1. The Hall–Kier alpha value is -2.12. The molecule has 0 unspecified atom stereocenters. The summed E-state index contributed by atoms with van der Waals surface area (Å²) in [6, 6.07) is 13.1. The monoisotopic (exact) mass is 407 g/mol. The van der Waals surface area contributed by atoms with Gasteiger partial charge in [0.1, 0.15) is 11.5 Å². The number of rotatable bonds is 6. The van der Waals surface area contributed by atoms with Crippen molar-refractivity contribution < 1.29 is 19.0 Å². The summed E-state index contributed by atoms with van der Waals surface area (Å²) in [5.74, 6) is 1.05. The highest BCUT2D eigenvalue weighted by Crippen LogP contribution is 2.33. The third-order valence-corrected chi connectivity index (χ3v) is 4.55. The molecule has 1 heterocycles. The van der Waals surface area contributed by atoms with Crippen LogP contribution in [0.15, 0.2) is 46.9 Å². The van der Waals surface area contributed by atoms with Crippen LogP contribution in [0.25, 0.3) is 10.2 Å². The number of hydrogen-bond donors (Lipinski definition) is 0. The molecule has 0 saturated heterocycles. The number of carbonyl (C=O) groups is 1. The second-order valence-electron chi connectivity index (χ2n) is 4.84. The van der Waals surface area contributed by atoms with E-state index in [1.54, 1.807) is 24.3 Å². The van der Waals surface area contributed by atoms with Gasteiger partial charge in [-0.2, -0.15) is 0 Å². The van der Waals surface area contributed by atoms with E-state index in [-0.39, 0.29) is 19.0 Å². The molecular weight excluding hydrogens is 394 g/mol. The van der Waals surface area contributed by atoms with Gasteiger partial charge in [0, 0.05) is 4.47 Å². The third kappa shape index (κ3) is 4.24. The van der Waals surface area contributed by atoms with E-state index in [1.807, 2.05) is 18.2 Å². The first-order valence-electron chi connectivity index (χ1n) is 7.17. The molecule has 2 aromatic carbocycles. The average molecular weight is 408 g/mol. The molecule has 0 bridgehead atoms. The van der Waals surface area contributed by atoms with Crippen molar-refractivity contribution in [3.8, 4) is 16.7 Å². The van der Waals surface area contributed by atoms with E-state index in [1.165, 1.54) is 18.4 Å². The SMILES string of the molecule is COC(=O)CCOc1ccc(Oc2nc3ccc(Br)cc3s2)cc1. The maximum absolute atomic E-state index is 11.0. The molecule has 0 spiro atoms. The summed E-state index contributed by atoms with van der Waals surface area (Å²) in [6.45, 7) is 0.277. The number of halogens is 1. The van der Waals surface area contributed by atoms with Gasteiger partial charge in [-0.05, 0) is 42.5 Å². The summed E-state index contributed by atoms with van der Waals surface area (Å²) in [6.07, 6.45) is 0.218. The summed E-state index contributed by atoms with van der Waals surface area (Å²) in [5.41, 5.74) is 0.904. The van der Waals surface area contributed by atoms with Gasteiger partial charge >= 0.3 is 5.97 Å². The van der Waals surface area contributed by atoms with Crippen LogP contribution in [-0.2, 0) is 9.53 Å². The zero-order chi connectivity index (χ0) is 16.9. The van der Waals surface area contributed by atoms with Crippen LogP contribution in [0.3, 0.4) is 0 Å². The van der Waals surface area contributed by atoms with Crippen LogP contribution in [0.5, 0.6) is 16.7 Å². The van der Waals surface area contributed by atoms with Crippen LogP contribution in [0.2, 0.25) is 0 Å². The Labute approximate surface area is 151 Å². The van der Waals surface area contributed by atoms with Gasteiger partial charge in [-0.3, -0.25) is 4.79 Å². The fourth-order valence-corrected chi connectivity index (χ4v) is 3.37. The number of thiazole rings is 1. The van der Waals surface area contributed by atoms with Gasteiger partial charge < -0.3 is 14.2 Å². The van der Waals surface area contributed by atoms with Crippen LogP contribution in [-0.4, -0.2) is 24.7 Å². The van der Waals surface area contributed by atoms with E-state index in [9.17, 15) is 4.79 Å². The maximum Gasteiger partial charge on any atom is 0.308 e. The van der Waals surface area contributed by atoms with Crippen LogP contribution in [0.1, 0.15) is 6.42 Å². The summed E-state index contributed by atoms with van der Waals surface area (Å²) in [4.78, 5) is 15.5. The normalized spacial score (nSPS) is 10.6. The minimum absolute atomic E-state index is 0.218. The van der Waals surface area contributed by atoms with Crippen LogP contribution in [0, 0.1) is 0 Å².